The van der Waals surface area contributed by atoms with Crippen LogP contribution < -0.4 is 5.73 Å². The van der Waals surface area contributed by atoms with Crippen molar-refractivity contribution in [1.82, 2.24) is 14.5 Å². The zero-order chi connectivity index (χ0) is 11.8. The van der Waals surface area contributed by atoms with Gasteiger partial charge in [0.1, 0.15) is 5.82 Å². The maximum absolute atomic E-state index is 5.68. The first-order valence-electron chi connectivity index (χ1n) is 5.39. The van der Waals surface area contributed by atoms with Gasteiger partial charge in [-0.3, -0.25) is 0 Å². The van der Waals surface area contributed by atoms with Crippen molar-refractivity contribution in [3.8, 4) is 11.4 Å². The fourth-order valence-corrected chi connectivity index (χ4v) is 1.92. The van der Waals surface area contributed by atoms with Crippen molar-refractivity contribution in [2.45, 2.75) is 0 Å². The zero-order valence-corrected chi connectivity index (χ0v) is 9.46. The number of aryl methyl sites for hydroxylation is 1. The third kappa shape index (κ3) is 1.54. The van der Waals surface area contributed by atoms with Crippen LogP contribution in [0.25, 0.3) is 22.6 Å². The van der Waals surface area contributed by atoms with E-state index in [0.717, 1.165) is 28.2 Å². The van der Waals surface area contributed by atoms with Crippen LogP contribution in [0.3, 0.4) is 0 Å². The van der Waals surface area contributed by atoms with Crippen molar-refractivity contribution >= 4 is 16.9 Å². The van der Waals surface area contributed by atoms with Crippen LogP contribution in [0.1, 0.15) is 0 Å². The Labute approximate surface area is 98.7 Å². The minimum atomic E-state index is 0.755. The van der Waals surface area contributed by atoms with E-state index < -0.39 is 0 Å². The Morgan fingerprint density at radius 3 is 2.59 bits per heavy atom. The number of pyridine rings is 1. The second-order valence-corrected chi connectivity index (χ2v) is 3.96. The van der Waals surface area contributed by atoms with E-state index in [1.165, 1.54) is 0 Å². The van der Waals surface area contributed by atoms with E-state index in [2.05, 4.69) is 9.97 Å². The Morgan fingerprint density at radius 2 is 1.88 bits per heavy atom. The van der Waals surface area contributed by atoms with Crippen LogP contribution in [0.4, 0.5) is 5.69 Å². The van der Waals surface area contributed by atoms with Crippen molar-refractivity contribution in [2.24, 2.45) is 7.05 Å². The number of anilines is 1. The van der Waals surface area contributed by atoms with Gasteiger partial charge in [-0.05, 0) is 36.4 Å². The molecule has 2 heterocycles. The van der Waals surface area contributed by atoms with Crippen molar-refractivity contribution in [1.29, 1.82) is 0 Å². The average molecular weight is 224 g/mol. The quantitative estimate of drug-likeness (QED) is 0.645. The molecule has 1 aromatic carbocycles. The molecule has 0 aliphatic heterocycles. The molecule has 0 saturated carbocycles. The molecular formula is C13H12N4. The highest BCUT2D eigenvalue weighted by molar-refractivity contribution is 5.77. The molecule has 3 aromatic rings. The van der Waals surface area contributed by atoms with Gasteiger partial charge in [-0.25, -0.2) is 9.97 Å². The summed E-state index contributed by atoms with van der Waals surface area (Å²) in [5.74, 6) is 0.902. The summed E-state index contributed by atoms with van der Waals surface area (Å²) in [6.45, 7) is 0. The van der Waals surface area contributed by atoms with Crippen LogP contribution in [-0.4, -0.2) is 14.5 Å². The van der Waals surface area contributed by atoms with Gasteiger partial charge < -0.3 is 10.3 Å². The lowest BCUT2D eigenvalue weighted by atomic mass is 10.2. The number of nitrogens with zero attached hydrogens (tertiary/aromatic N) is 3. The monoisotopic (exact) mass is 224 g/mol. The molecule has 3 rings (SSSR count). The Hall–Kier alpha value is -2.36. The van der Waals surface area contributed by atoms with Gasteiger partial charge >= 0.3 is 0 Å². The van der Waals surface area contributed by atoms with Gasteiger partial charge in [0.2, 0.25) is 0 Å². The maximum Gasteiger partial charge on any atom is 0.178 e. The number of nitrogens with two attached hydrogens (primary N) is 1. The summed E-state index contributed by atoms with van der Waals surface area (Å²) in [5.41, 5.74) is 9.27. The lowest BCUT2D eigenvalue weighted by Crippen LogP contribution is -1.92. The number of imidazole rings is 1. The summed E-state index contributed by atoms with van der Waals surface area (Å²) in [7, 11) is 1.99. The number of rotatable bonds is 1. The molecule has 0 radical (unpaired) electrons. The highest BCUT2D eigenvalue weighted by Crippen LogP contribution is 2.22. The molecule has 0 aliphatic carbocycles. The summed E-state index contributed by atoms with van der Waals surface area (Å²) in [4.78, 5) is 8.77. The van der Waals surface area contributed by atoms with E-state index in [-0.39, 0.29) is 0 Å². The van der Waals surface area contributed by atoms with E-state index >= 15 is 0 Å². The number of hydrogen-bond donors (Lipinski definition) is 1. The molecule has 0 aliphatic rings. The first-order valence-corrected chi connectivity index (χ1v) is 5.39. The second-order valence-electron chi connectivity index (χ2n) is 3.96. The summed E-state index contributed by atoms with van der Waals surface area (Å²) >= 11 is 0. The first-order chi connectivity index (χ1) is 8.25. The van der Waals surface area contributed by atoms with Crippen molar-refractivity contribution in [2.75, 3.05) is 5.73 Å². The molecule has 0 amide bonds. The Kier molecular flexibility index (Phi) is 2.08. The van der Waals surface area contributed by atoms with Gasteiger partial charge in [-0.2, -0.15) is 0 Å². The number of fused-ring (bicyclic) bond motifs is 1. The SMILES string of the molecule is Cn1c(-c2ccc(N)cc2)nc2ncccc21. The molecule has 0 saturated heterocycles. The maximum atomic E-state index is 5.68. The molecule has 4 nitrogen and oxygen atoms in total. The van der Waals surface area contributed by atoms with Crippen molar-refractivity contribution < 1.29 is 0 Å². The van der Waals surface area contributed by atoms with Crippen LogP contribution in [-0.2, 0) is 7.05 Å². The van der Waals surface area contributed by atoms with Crippen LogP contribution in [0, 0.1) is 0 Å². The average Bonchev–Trinajstić information content (AvgIpc) is 2.69. The molecule has 0 bridgehead atoms. The molecule has 84 valence electrons. The van der Waals surface area contributed by atoms with E-state index in [0.29, 0.717) is 0 Å². The summed E-state index contributed by atoms with van der Waals surface area (Å²) in [6.07, 6.45) is 1.75. The molecule has 0 spiro atoms. The summed E-state index contributed by atoms with van der Waals surface area (Å²) in [5, 5.41) is 0. The molecule has 4 heteroatoms. The molecular weight excluding hydrogens is 212 g/mol. The highest BCUT2D eigenvalue weighted by Gasteiger charge is 2.09. The van der Waals surface area contributed by atoms with Crippen molar-refractivity contribution in [3.05, 3.63) is 42.6 Å². The zero-order valence-electron chi connectivity index (χ0n) is 9.46. The smallest absolute Gasteiger partial charge is 0.178 e. The summed E-state index contributed by atoms with van der Waals surface area (Å²) in [6, 6.07) is 11.6. The molecule has 2 aromatic heterocycles. The fraction of sp³-hybridized carbons (Fsp3) is 0.0769. The van der Waals surface area contributed by atoms with Crippen LogP contribution in [0.15, 0.2) is 42.6 Å². The highest BCUT2D eigenvalue weighted by atomic mass is 15.1. The summed E-state index contributed by atoms with van der Waals surface area (Å²) < 4.78 is 2.04. The van der Waals surface area contributed by atoms with Crippen LogP contribution in [0.2, 0.25) is 0 Å². The molecule has 2 N–H and O–H groups in total. The third-order valence-corrected chi connectivity index (χ3v) is 2.83. The van der Waals surface area contributed by atoms with Crippen LogP contribution >= 0.6 is 0 Å². The minimum Gasteiger partial charge on any atom is -0.399 e. The Morgan fingerprint density at radius 1 is 1.12 bits per heavy atom. The van der Waals surface area contributed by atoms with E-state index in [4.69, 9.17) is 5.73 Å². The van der Waals surface area contributed by atoms with Crippen molar-refractivity contribution in [3.63, 3.8) is 0 Å². The second kappa shape index (κ2) is 3.59. The van der Waals surface area contributed by atoms with E-state index in [1.54, 1.807) is 6.20 Å². The predicted molar refractivity (Wildman–Crippen MR) is 68.4 cm³/mol. The van der Waals surface area contributed by atoms with Gasteiger partial charge in [-0.1, -0.05) is 0 Å². The predicted octanol–water partition coefficient (Wildman–Crippen LogP) is 2.22. The third-order valence-electron chi connectivity index (χ3n) is 2.83. The largest absolute Gasteiger partial charge is 0.399 e. The van der Waals surface area contributed by atoms with Gasteiger partial charge in [0.25, 0.3) is 0 Å². The molecule has 0 fully saturated rings. The van der Waals surface area contributed by atoms with Crippen LogP contribution in [0.5, 0.6) is 0 Å². The van der Waals surface area contributed by atoms with E-state index in [1.807, 2.05) is 48.0 Å². The number of nitrogen functional groups attached to an aromatic ring is 1. The number of aromatic nitrogens is 3. The minimum absolute atomic E-state index is 0.755. The lowest BCUT2D eigenvalue weighted by Gasteiger charge is -2.02. The number of hydrogen-bond acceptors (Lipinski definition) is 3. The van der Waals surface area contributed by atoms with Gasteiger partial charge in [0.05, 0.1) is 5.52 Å². The van der Waals surface area contributed by atoms with Gasteiger partial charge in [0.15, 0.2) is 5.65 Å². The van der Waals surface area contributed by atoms with E-state index in [9.17, 15) is 0 Å². The molecule has 17 heavy (non-hydrogen) atoms. The molecule has 0 atom stereocenters. The van der Waals surface area contributed by atoms with Gasteiger partial charge in [-0.15, -0.1) is 0 Å². The molecule has 0 unspecified atom stereocenters. The normalized spacial score (nSPS) is 10.9. The number of benzene rings is 1. The Balaban J connectivity index is 2.24. The Bertz CT molecular complexity index is 667. The van der Waals surface area contributed by atoms with Gasteiger partial charge in [0, 0.05) is 24.5 Å². The fourth-order valence-electron chi connectivity index (χ4n) is 1.92. The first kappa shape index (κ1) is 9.84. The topological polar surface area (TPSA) is 56.7 Å². The lowest BCUT2D eigenvalue weighted by molar-refractivity contribution is 0.959. The standard InChI is InChI=1S/C13H12N4/c1-17-11-3-2-8-15-12(11)16-13(17)9-4-6-10(14)7-5-9/h2-8H,14H2,1H3.